The molecule has 3 heteroatoms. The van der Waals surface area contributed by atoms with Crippen LogP contribution < -0.4 is 0 Å². The second-order valence-corrected chi connectivity index (χ2v) is 4.49. The van der Waals surface area contributed by atoms with Crippen molar-refractivity contribution in [2.75, 3.05) is 0 Å². The van der Waals surface area contributed by atoms with E-state index in [1.54, 1.807) is 12.1 Å². The van der Waals surface area contributed by atoms with Crippen molar-refractivity contribution in [1.82, 2.24) is 0 Å². The average molecular weight is 229 g/mol. The highest BCUT2D eigenvalue weighted by molar-refractivity contribution is 6.30. The van der Waals surface area contributed by atoms with Crippen molar-refractivity contribution in [1.29, 1.82) is 0 Å². The van der Waals surface area contributed by atoms with Crippen LogP contribution in [0.1, 0.15) is 25.8 Å². The van der Waals surface area contributed by atoms with Crippen molar-refractivity contribution in [2.24, 2.45) is 5.92 Å². The molecule has 0 amide bonds. The fraction of sp³-hybridized carbons (Fsp3) is 0.417. The second kappa shape index (κ2) is 5.26. The van der Waals surface area contributed by atoms with E-state index in [4.69, 9.17) is 11.6 Å². The summed E-state index contributed by atoms with van der Waals surface area (Å²) in [6.45, 7) is 3.94. The first-order valence-electron chi connectivity index (χ1n) is 4.94. The van der Waals surface area contributed by atoms with E-state index >= 15 is 0 Å². The summed E-state index contributed by atoms with van der Waals surface area (Å²) in [5.74, 6) is -0.0290. The van der Waals surface area contributed by atoms with Gasteiger partial charge >= 0.3 is 0 Å². The second-order valence-electron chi connectivity index (χ2n) is 4.05. The Bertz CT molecular complexity index is 361. The van der Waals surface area contributed by atoms with Crippen LogP contribution in [0.3, 0.4) is 0 Å². The first kappa shape index (κ1) is 12.2. The molecule has 0 saturated heterocycles. The number of ketones is 1. The number of rotatable bonds is 4. The smallest absolute Gasteiger partial charge is 0.137 e. The van der Waals surface area contributed by atoms with Gasteiger partial charge in [0.2, 0.25) is 0 Å². The van der Waals surface area contributed by atoms with Crippen molar-refractivity contribution in [2.45, 2.75) is 26.7 Å². The maximum atomic E-state index is 13.3. The molecular formula is C12H14ClFO. The molecule has 0 aromatic heterocycles. The molecule has 0 radical (unpaired) electrons. The molecule has 0 saturated carbocycles. The van der Waals surface area contributed by atoms with Gasteiger partial charge in [-0.05, 0) is 23.6 Å². The van der Waals surface area contributed by atoms with Gasteiger partial charge in [-0.2, -0.15) is 0 Å². The van der Waals surface area contributed by atoms with Crippen LogP contribution >= 0.6 is 11.6 Å². The van der Waals surface area contributed by atoms with Crippen LogP contribution in [0.15, 0.2) is 18.2 Å². The van der Waals surface area contributed by atoms with Gasteiger partial charge in [0.25, 0.3) is 0 Å². The van der Waals surface area contributed by atoms with Crippen LogP contribution in [-0.4, -0.2) is 5.78 Å². The van der Waals surface area contributed by atoms with Crippen LogP contribution in [0.2, 0.25) is 5.02 Å². The minimum Gasteiger partial charge on any atom is -0.299 e. The SMILES string of the molecule is CC(C)CC(=O)Cc1ccc(Cl)cc1F. The summed E-state index contributed by atoms with van der Waals surface area (Å²) < 4.78 is 13.3. The third kappa shape index (κ3) is 4.00. The molecule has 0 unspecified atom stereocenters. The zero-order chi connectivity index (χ0) is 11.4. The third-order valence-electron chi connectivity index (χ3n) is 2.04. The molecule has 0 atom stereocenters. The summed E-state index contributed by atoms with van der Waals surface area (Å²) in [7, 11) is 0. The van der Waals surface area contributed by atoms with Gasteiger partial charge in [0.1, 0.15) is 11.6 Å². The molecule has 0 aliphatic rings. The number of carbonyl (C=O) groups is 1. The summed E-state index contributed by atoms with van der Waals surface area (Å²) in [6.07, 6.45) is 0.642. The Morgan fingerprint density at radius 3 is 2.67 bits per heavy atom. The number of hydrogen-bond acceptors (Lipinski definition) is 1. The maximum absolute atomic E-state index is 13.3. The molecule has 0 fully saturated rings. The fourth-order valence-corrected chi connectivity index (χ4v) is 1.56. The highest BCUT2D eigenvalue weighted by Crippen LogP contribution is 2.16. The summed E-state index contributed by atoms with van der Waals surface area (Å²) in [4.78, 5) is 11.5. The highest BCUT2D eigenvalue weighted by atomic mass is 35.5. The molecular weight excluding hydrogens is 215 g/mol. The molecule has 15 heavy (non-hydrogen) atoms. The van der Waals surface area contributed by atoms with Crippen molar-refractivity contribution >= 4 is 17.4 Å². The Hall–Kier alpha value is -0.890. The zero-order valence-corrected chi connectivity index (χ0v) is 9.64. The van der Waals surface area contributed by atoms with Gasteiger partial charge in [0.05, 0.1) is 0 Å². The normalized spacial score (nSPS) is 10.7. The van der Waals surface area contributed by atoms with E-state index in [1.165, 1.54) is 6.07 Å². The predicted octanol–water partition coefficient (Wildman–Crippen LogP) is 3.64. The lowest BCUT2D eigenvalue weighted by Gasteiger charge is -2.05. The fourth-order valence-electron chi connectivity index (χ4n) is 1.40. The molecule has 0 aliphatic heterocycles. The van der Waals surface area contributed by atoms with E-state index in [9.17, 15) is 9.18 Å². The van der Waals surface area contributed by atoms with Crippen LogP contribution in [0.25, 0.3) is 0 Å². The van der Waals surface area contributed by atoms with E-state index in [-0.39, 0.29) is 12.2 Å². The molecule has 1 rings (SSSR count). The lowest BCUT2D eigenvalue weighted by atomic mass is 10.0. The topological polar surface area (TPSA) is 17.1 Å². The number of Topliss-reactive ketones (excluding diaryl/α,β-unsaturated/α-hetero) is 1. The maximum Gasteiger partial charge on any atom is 0.137 e. The highest BCUT2D eigenvalue weighted by Gasteiger charge is 2.10. The average Bonchev–Trinajstić information content (AvgIpc) is 2.08. The molecule has 1 aromatic rings. The zero-order valence-electron chi connectivity index (χ0n) is 8.89. The Morgan fingerprint density at radius 1 is 1.47 bits per heavy atom. The lowest BCUT2D eigenvalue weighted by Crippen LogP contribution is -2.07. The predicted molar refractivity (Wildman–Crippen MR) is 59.6 cm³/mol. The summed E-state index contributed by atoms with van der Waals surface area (Å²) >= 11 is 5.61. The van der Waals surface area contributed by atoms with Gasteiger partial charge < -0.3 is 0 Å². The molecule has 1 nitrogen and oxygen atoms in total. The summed E-state index contributed by atoms with van der Waals surface area (Å²) in [5.41, 5.74) is 0.421. The van der Waals surface area contributed by atoms with Gasteiger partial charge in [-0.1, -0.05) is 31.5 Å². The Kier molecular flexibility index (Phi) is 4.28. The van der Waals surface area contributed by atoms with Gasteiger partial charge in [-0.3, -0.25) is 4.79 Å². The standard InChI is InChI=1S/C12H14ClFO/c1-8(2)5-11(15)6-9-3-4-10(13)7-12(9)14/h3-4,7-8H,5-6H2,1-2H3. The molecule has 82 valence electrons. The van der Waals surface area contributed by atoms with Gasteiger partial charge in [0, 0.05) is 17.9 Å². The van der Waals surface area contributed by atoms with Crippen molar-refractivity contribution in [3.8, 4) is 0 Å². The van der Waals surface area contributed by atoms with Crippen molar-refractivity contribution < 1.29 is 9.18 Å². The number of halogens is 2. The molecule has 1 aromatic carbocycles. The first-order chi connectivity index (χ1) is 6.99. The Balaban J connectivity index is 2.68. The molecule has 0 aliphatic carbocycles. The number of hydrogen-bond donors (Lipinski definition) is 0. The number of carbonyl (C=O) groups excluding carboxylic acids is 1. The van der Waals surface area contributed by atoms with Crippen molar-refractivity contribution in [3.05, 3.63) is 34.6 Å². The Morgan fingerprint density at radius 2 is 2.13 bits per heavy atom. The molecule has 0 spiro atoms. The summed E-state index contributed by atoms with van der Waals surface area (Å²) in [6, 6.07) is 4.40. The van der Waals surface area contributed by atoms with Crippen molar-refractivity contribution in [3.63, 3.8) is 0 Å². The number of benzene rings is 1. The first-order valence-corrected chi connectivity index (χ1v) is 5.32. The monoisotopic (exact) mass is 228 g/mol. The van der Waals surface area contributed by atoms with Crippen LogP contribution in [0.4, 0.5) is 4.39 Å². The Labute approximate surface area is 94.3 Å². The van der Waals surface area contributed by atoms with E-state index in [0.29, 0.717) is 22.9 Å². The van der Waals surface area contributed by atoms with Crippen LogP contribution in [0.5, 0.6) is 0 Å². The van der Waals surface area contributed by atoms with E-state index in [2.05, 4.69) is 0 Å². The van der Waals surface area contributed by atoms with Gasteiger partial charge in [0.15, 0.2) is 0 Å². The third-order valence-corrected chi connectivity index (χ3v) is 2.27. The molecule has 0 N–H and O–H groups in total. The van der Waals surface area contributed by atoms with Crippen LogP contribution in [0, 0.1) is 11.7 Å². The van der Waals surface area contributed by atoms with Gasteiger partial charge in [-0.25, -0.2) is 4.39 Å². The van der Waals surface area contributed by atoms with Crippen LogP contribution in [-0.2, 0) is 11.2 Å². The molecule has 0 bridgehead atoms. The minimum atomic E-state index is -0.403. The van der Waals surface area contributed by atoms with E-state index < -0.39 is 5.82 Å². The van der Waals surface area contributed by atoms with E-state index in [1.807, 2.05) is 13.8 Å². The lowest BCUT2D eigenvalue weighted by molar-refractivity contribution is -0.119. The molecule has 0 heterocycles. The quantitative estimate of drug-likeness (QED) is 0.769. The summed E-state index contributed by atoms with van der Waals surface area (Å²) in [5, 5.41) is 0.354. The largest absolute Gasteiger partial charge is 0.299 e. The van der Waals surface area contributed by atoms with E-state index in [0.717, 1.165) is 0 Å². The van der Waals surface area contributed by atoms with Gasteiger partial charge in [-0.15, -0.1) is 0 Å². The minimum absolute atomic E-state index is 0.0613.